The van der Waals surface area contributed by atoms with Crippen molar-refractivity contribution in [3.05, 3.63) is 0 Å². The summed E-state index contributed by atoms with van der Waals surface area (Å²) in [6.45, 7) is 7.89. The normalized spacial score (nSPS) is 31.6. The van der Waals surface area contributed by atoms with Gasteiger partial charge in [0.15, 0.2) is 0 Å². The molecule has 2 fully saturated rings. The van der Waals surface area contributed by atoms with Crippen LogP contribution in [0.5, 0.6) is 0 Å². The Morgan fingerprint density at radius 2 is 2.06 bits per heavy atom. The van der Waals surface area contributed by atoms with Gasteiger partial charge in [0.25, 0.3) is 0 Å². The largest absolute Gasteiger partial charge is 0.444 e. The molecule has 0 unspecified atom stereocenters. The van der Waals surface area contributed by atoms with Crippen molar-refractivity contribution >= 4 is 18.5 Å². The zero-order chi connectivity index (χ0) is 11.8. The maximum Gasteiger partial charge on any atom is 0.407 e. The van der Waals surface area contributed by atoms with Crippen LogP contribution < -0.4 is 10.6 Å². The summed E-state index contributed by atoms with van der Waals surface area (Å²) in [6, 6.07) is 0.315. The SMILES string of the molecule is CC(C)(C)OC(=O)NC1CC2(CCNC2)C1.Cl. The van der Waals surface area contributed by atoms with Crippen LogP contribution in [0.2, 0.25) is 0 Å². The fourth-order valence-corrected chi connectivity index (χ4v) is 2.71. The van der Waals surface area contributed by atoms with Crippen LogP contribution in [0.4, 0.5) is 4.79 Å². The van der Waals surface area contributed by atoms with E-state index in [-0.39, 0.29) is 18.5 Å². The first-order valence-corrected chi connectivity index (χ1v) is 6.09. The lowest BCUT2D eigenvalue weighted by atomic mass is 9.65. The summed E-state index contributed by atoms with van der Waals surface area (Å²) in [7, 11) is 0. The lowest BCUT2D eigenvalue weighted by Gasteiger charge is -2.45. The second kappa shape index (κ2) is 5.02. The molecule has 0 aromatic heterocycles. The van der Waals surface area contributed by atoms with Gasteiger partial charge >= 0.3 is 6.09 Å². The number of hydrogen-bond acceptors (Lipinski definition) is 3. The Morgan fingerprint density at radius 1 is 1.41 bits per heavy atom. The first kappa shape index (κ1) is 14.6. The maximum atomic E-state index is 11.5. The molecule has 5 heteroatoms. The van der Waals surface area contributed by atoms with E-state index < -0.39 is 5.60 Å². The highest BCUT2D eigenvalue weighted by atomic mass is 35.5. The molecular weight excluding hydrogens is 240 g/mol. The fraction of sp³-hybridized carbons (Fsp3) is 0.917. The van der Waals surface area contributed by atoms with E-state index in [0.29, 0.717) is 11.5 Å². The molecule has 1 spiro atoms. The van der Waals surface area contributed by atoms with Gasteiger partial charge < -0.3 is 15.4 Å². The summed E-state index contributed by atoms with van der Waals surface area (Å²) < 4.78 is 5.23. The van der Waals surface area contributed by atoms with Crippen LogP contribution in [0.15, 0.2) is 0 Å². The van der Waals surface area contributed by atoms with E-state index in [0.717, 1.165) is 25.9 Å². The van der Waals surface area contributed by atoms with Crippen LogP contribution in [-0.2, 0) is 4.74 Å². The third kappa shape index (κ3) is 3.75. The van der Waals surface area contributed by atoms with E-state index in [4.69, 9.17) is 4.74 Å². The zero-order valence-electron chi connectivity index (χ0n) is 10.8. The highest BCUT2D eigenvalue weighted by Gasteiger charge is 2.46. The van der Waals surface area contributed by atoms with Gasteiger partial charge in [-0.05, 0) is 52.0 Å². The molecule has 2 N–H and O–H groups in total. The molecule has 2 rings (SSSR count). The smallest absolute Gasteiger partial charge is 0.407 e. The molecule has 0 aromatic rings. The second-order valence-electron chi connectivity index (χ2n) is 6.18. The van der Waals surface area contributed by atoms with Crippen molar-refractivity contribution in [1.82, 2.24) is 10.6 Å². The number of amides is 1. The molecule has 1 amide bonds. The van der Waals surface area contributed by atoms with Crippen molar-refractivity contribution < 1.29 is 9.53 Å². The minimum Gasteiger partial charge on any atom is -0.444 e. The number of alkyl carbamates (subject to hydrolysis) is 1. The van der Waals surface area contributed by atoms with Crippen LogP contribution in [0.1, 0.15) is 40.0 Å². The van der Waals surface area contributed by atoms with Gasteiger partial charge in [0.2, 0.25) is 0 Å². The number of ether oxygens (including phenoxy) is 1. The lowest BCUT2D eigenvalue weighted by Crippen LogP contribution is -2.52. The summed E-state index contributed by atoms with van der Waals surface area (Å²) in [6.07, 6.45) is 3.16. The van der Waals surface area contributed by atoms with Crippen molar-refractivity contribution in [3.8, 4) is 0 Å². The standard InChI is InChI=1S/C12H22N2O2.ClH/c1-11(2,3)16-10(15)14-9-6-12(7-9)4-5-13-8-12;/h9,13H,4-8H2,1-3H3,(H,14,15);1H. The molecule has 1 aliphatic carbocycles. The molecule has 0 radical (unpaired) electrons. The van der Waals surface area contributed by atoms with Crippen LogP contribution in [0, 0.1) is 5.41 Å². The summed E-state index contributed by atoms with van der Waals surface area (Å²) >= 11 is 0. The van der Waals surface area contributed by atoms with Gasteiger partial charge in [-0.3, -0.25) is 0 Å². The predicted octanol–water partition coefficient (Wildman–Crippen LogP) is 2.08. The molecule has 2 aliphatic rings. The van der Waals surface area contributed by atoms with Gasteiger partial charge in [-0.25, -0.2) is 4.79 Å². The molecule has 1 saturated heterocycles. The van der Waals surface area contributed by atoms with Gasteiger partial charge in [0, 0.05) is 12.6 Å². The first-order valence-electron chi connectivity index (χ1n) is 6.09. The van der Waals surface area contributed by atoms with Crippen molar-refractivity contribution in [1.29, 1.82) is 0 Å². The van der Waals surface area contributed by atoms with E-state index in [9.17, 15) is 4.79 Å². The molecule has 1 heterocycles. The Kier molecular flexibility index (Phi) is 4.31. The van der Waals surface area contributed by atoms with Crippen molar-refractivity contribution in [2.45, 2.75) is 51.7 Å². The lowest BCUT2D eigenvalue weighted by molar-refractivity contribution is 0.0364. The van der Waals surface area contributed by atoms with Crippen LogP contribution in [-0.4, -0.2) is 30.8 Å². The Labute approximate surface area is 109 Å². The number of carbonyl (C=O) groups excluding carboxylic acids is 1. The van der Waals surface area contributed by atoms with Crippen molar-refractivity contribution in [2.75, 3.05) is 13.1 Å². The van der Waals surface area contributed by atoms with Gasteiger partial charge in [0.05, 0.1) is 0 Å². The minimum absolute atomic E-state index is 0. The van der Waals surface area contributed by atoms with Gasteiger partial charge in [0.1, 0.15) is 5.60 Å². The zero-order valence-corrected chi connectivity index (χ0v) is 11.7. The van der Waals surface area contributed by atoms with E-state index in [1.54, 1.807) is 0 Å². The number of nitrogens with one attached hydrogen (secondary N) is 2. The molecule has 17 heavy (non-hydrogen) atoms. The van der Waals surface area contributed by atoms with Gasteiger partial charge in [-0.2, -0.15) is 0 Å². The second-order valence-corrected chi connectivity index (χ2v) is 6.18. The molecule has 1 aliphatic heterocycles. The van der Waals surface area contributed by atoms with E-state index in [1.165, 1.54) is 6.42 Å². The third-order valence-electron chi connectivity index (χ3n) is 3.41. The summed E-state index contributed by atoms with van der Waals surface area (Å²) in [5.41, 5.74) is 0.0696. The number of hydrogen-bond donors (Lipinski definition) is 2. The quantitative estimate of drug-likeness (QED) is 0.761. The Hall–Kier alpha value is -0.480. The van der Waals surface area contributed by atoms with E-state index in [1.807, 2.05) is 20.8 Å². The average Bonchev–Trinajstić information content (AvgIpc) is 2.47. The van der Waals surface area contributed by atoms with E-state index in [2.05, 4.69) is 10.6 Å². The molecule has 1 saturated carbocycles. The molecular formula is C12H23ClN2O2. The van der Waals surface area contributed by atoms with Gasteiger partial charge in [-0.15, -0.1) is 12.4 Å². The average molecular weight is 263 g/mol. The topological polar surface area (TPSA) is 50.4 Å². The van der Waals surface area contributed by atoms with Gasteiger partial charge in [-0.1, -0.05) is 0 Å². The Bertz CT molecular complexity index is 275. The maximum absolute atomic E-state index is 11.5. The molecule has 0 aromatic carbocycles. The molecule has 0 bridgehead atoms. The Morgan fingerprint density at radius 3 is 2.53 bits per heavy atom. The molecule has 0 atom stereocenters. The Balaban J connectivity index is 0.00000144. The van der Waals surface area contributed by atoms with Crippen LogP contribution >= 0.6 is 12.4 Å². The molecule has 4 nitrogen and oxygen atoms in total. The highest BCUT2D eigenvalue weighted by Crippen LogP contribution is 2.45. The van der Waals surface area contributed by atoms with Crippen molar-refractivity contribution in [2.24, 2.45) is 5.41 Å². The summed E-state index contributed by atoms with van der Waals surface area (Å²) in [5.74, 6) is 0. The first-order chi connectivity index (χ1) is 7.39. The number of rotatable bonds is 1. The summed E-state index contributed by atoms with van der Waals surface area (Å²) in [5, 5.41) is 6.32. The van der Waals surface area contributed by atoms with Crippen LogP contribution in [0.3, 0.4) is 0 Å². The third-order valence-corrected chi connectivity index (χ3v) is 3.41. The van der Waals surface area contributed by atoms with Crippen LogP contribution in [0.25, 0.3) is 0 Å². The molecule has 100 valence electrons. The number of halogens is 1. The van der Waals surface area contributed by atoms with E-state index >= 15 is 0 Å². The summed E-state index contributed by atoms with van der Waals surface area (Å²) in [4.78, 5) is 11.5. The van der Waals surface area contributed by atoms with Crippen molar-refractivity contribution in [3.63, 3.8) is 0 Å². The predicted molar refractivity (Wildman–Crippen MR) is 69.6 cm³/mol. The minimum atomic E-state index is -0.402. The highest BCUT2D eigenvalue weighted by molar-refractivity contribution is 5.85. The fourth-order valence-electron chi connectivity index (χ4n) is 2.71. The monoisotopic (exact) mass is 262 g/mol. The number of carbonyl (C=O) groups is 1.